The summed E-state index contributed by atoms with van der Waals surface area (Å²) in [7, 11) is 1.51. The Balaban J connectivity index is 1.83. The van der Waals surface area contributed by atoms with Crippen molar-refractivity contribution in [3.05, 3.63) is 72.3 Å². The Labute approximate surface area is 181 Å². The fourth-order valence-corrected chi connectivity index (χ4v) is 3.41. The van der Waals surface area contributed by atoms with Gasteiger partial charge in [-0.1, -0.05) is 48.5 Å². The Morgan fingerprint density at radius 1 is 1.00 bits per heavy atom. The maximum atomic E-state index is 12.8. The highest BCUT2D eigenvalue weighted by Crippen LogP contribution is 2.30. The number of ether oxygens (including phenoxy) is 3. The van der Waals surface area contributed by atoms with Crippen LogP contribution in [-0.4, -0.2) is 49.3 Å². The summed E-state index contributed by atoms with van der Waals surface area (Å²) in [5.74, 6) is 0.536. The molecule has 3 N–H and O–H groups in total. The molecule has 0 aliphatic rings. The average Bonchev–Trinajstić information content (AvgIpc) is 2.80. The van der Waals surface area contributed by atoms with Crippen LogP contribution in [0.5, 0.6) is 5.75 Å². The minimum Gasteiger partial charge on any atom is -0.491 e. The zero-order chi connectivity index (χ0) is 22.1. The van der Waals surface area contributed by atoms with Crippen molar-refractivity contribution in [1.29, 1.82) is 0 Å². The van der Waals surface area contributed by atoms with Crippen LogP contribution in [-0.2, 0) is 9.47 Å². The molecule has 0 aromatic heterocycles. The lowest BCUT2D eigenvalue weighted by Gasteiger charge is -2.26. The molecule has 1 amide bonds. The van der Waals surface area contributed by atoms with Gasteiger partial charge in [-0.05, 0) is 29.1 Å². The summed E-state index contributed by atoms with van der Waals surface area (Å²) < 4.78 is 16.7. The summed E-state index contributed by atoms with van der Waals surface area (Å²) in [5.41, 5.74) is 1.29. The average molecular weight is 425 g/mol. The van der Waals surface area contributed by atoms with Gasteiger partial charge >= 0.3 is 6.09 Å². The SMILES string of the molecule is CO[C@H](CCO)[C@H](OC(=O)Nc1cccc2ccccc12)c1cccc(OCCO)c1. The molecule has 0 heterocycles. The van der Waals surface area contributed by atoms with Crippen LogP contribution in [0, 0.1) is 0 Å². The number of carbonyl (C=O) groups is 1. The largest absolute Gasteiger partial charge is 0.491 e. The van der Waals surface area contributed by atoms with Gasteiger partial charge < -0.3 is 24.4 Å². The van der Waals surface area contributed by atoms with E-state index in [2.05, 4.69) is 5.32 Å². The van der Waals surface area contributed by atoms with E-state index >= 15 is 0 Å². The molecule has 7 heteroatoms. The van der Waals surface area contributed by atoms with Crippen LogP contribution >= 0.6 is 0 Å². The lowest BCUT2D eigenvalue weighted by Crippen LogP contribution is -2.29. The maximum absolute atomic E-state index is 12.8. The number of aliphatic hydroxyl groups is 2. The molecule has 0 unspecified atom stereocenters. The molecule has 3 aromatic carbocycles. The number of nitrogens with one attached hydrogen (secondary N) is 1. The summed E-state index contributed by atoms with van der Waals surface area (Å²) in [5, 5.41) is 23.1. The summed E-state index contributed by atoms with van der Waals surface area (Å²) >= 11 is 0. The molecule has 31 heavy (non-hydrogen) atoms. The zero-order valence-corrected chi connectivity index (χ0v) is 17.4. The third-order valence-electron chi connectivity index (χ3n) is 4.86. The van der Waals surface area contributed by atoms with Gasteiger partial charge in [0.15, 0.2) is 6.10 Å². The third-order valence-corrected chi connectivity index (χ3v) is 4.86. The number of aliphatic hydroxyl groups excluding tert-OH is 2. The number of hydrogen-bond acceptors (Lipinski definition) is 6. The standard InChI is InChI=1S/C24H27NO6/c1-29-22(12-13-26)23(18-8-4-9-19(16-18)30-15-14-27)31-24(28)25-21-11-5-7-17-6-2-3-10-20(17)21/h2-11,16,22-23,26-27H,12-15H2,1H3,(H,25,28)/t22-,23-/m1/s1. The van der Waals surface area contributed by atoms with Gasteiger partial charge in [0, 0.05) is 25.5 Å². The van der Waals surface area contributed by atoms with Crippen molar-refractivity contribution in [3.63, 3.8) is 0 Å². The summed E-state index contributed by atoms with van der Waals surface area (Å²) in [6.07, 6.45) is -1.69. The molecular weight excluding hydrogens is 398 g/mol. The van der Waals surface area contributed by atoms with E-state index in [1.165, 1.54) is 7.11 Å². The predicted molar refractivity (Wildman–Crippen MR) is 118 cm³/mol. The molecule has 164 valence electrons. The third kappa shape index (κ3) is 5.95. The second-order valence-corrected chi connectivity index (χ2v) is 6.91. The van der Waals surface area contributed by atoms with Crippen molar-refractivity contribution in [2.24, 2.45) is 0 Å². The van der Waals surface area contributed by atoms with Crippen molar-refractivity contribution in [2.45, 2.75) is 18.6 Å². The topological polar surface area (TPSA) is 97.2 Å². The van der Waals surface area contributed by atoms with E-state index in [1.807, 2.05) is 42.5 Å². The molecule has 0 aliphatic carbocycles. The Hall–Kier alpha value is -3.13. The molecule has 0 saturated carbocycles. The Bertz CT molecular complexity index is 987. The van der Waals surface area contributed by atoms with Crippen LogP contribution in [0.4, 0.5) is 10.5 Å². The predicted octanol–water partition coefficient (Wildman–Crippen LogP) is 3.90. The fourth-order valence-electron chi connectivity index (χ4n) is 3.41. The van der Waals surface area contributed by atoms with Crippen molar-refractivity contribution < 1.29 is 29.2 Å². The van der Waals surface area contributed by atoms with Crippen LogP contribution in [0.15, 0.2) is 66.7 Å². The van der Waals surface area contributed by atoms with Gasteiger partial charge in [0.1, 0.15) is 18.5 Å². The van der Waals surface area contributed by atoms with Crippen LogP contribution in [0.1, 0.15) is 18.1 Å². The number of anilines is 1. The number of carbonyl (C=O) groups excluding carboxylic acids is 1. The monoisotopic (exact) mass is 425 g/mol. The number of benzene rings is 3. The van der Waals surface area contributed by atoms with Gasteiger partial charge in [-0.15, -0.1) is 0 Å². The second kappa shape index (κ2) is 11.3. The molecule has 2 atom stereocenters. The van der Waals surface area contributed by atoms with E-state index in [0.29, 0.717) is 17.0 Å². The van der Waals surface area contributed by atoms with Crippen molar-refractivity contribution in [1.82, 2.24) is 0 Å². The smallest absolute Gasteiger partial charge is 0.412 e. The normalized spacial score (nSPS) is 12.9. The number of fused-ring (bicyclic) bond motifs is 1. The molecule has 0 bridgehead atoms. The maximum Gasteiger partial charge on any atom is 0.412 e. The van der Waals surface area contributed by atoms with E-state index in [4.69, 9.17) is 19.3 Å². The molecule has 0 fully saturated rings. The van der Waals surface area contributed by atoms with E-state index in [1.54, 1.807) is 24.3 Å². The minimum atomic E-state index is -0.773. The minimum absolute atomic E-state index is 0.108. The lowest BCUT2D eigenvalue weighted by atomic mass is 10.0. The van der Waals surface area contributed by atoms with Gasteiger partial charge in [-0.3, -0.25) is 5.32 Å². The summed E-state index contributed by atoms with van der Waals surface area (Å²) in [4.78, 5) is 12.8. The Morgan fingerprint density at radius 2 is 1.77 bits per heavy atom. The first-order valence-corrected chi connectivity index (χ1v) is 10.1. The fraction of sp³-hybridized carbons (Fsp3) is 0.292. The Kier molecular flexibility index (Phi) is 8.23. The number of amides is 1. The molecular formula is C24H27NO6. The van der Waals surface area contributed by atoms with Gasteiger partial charge in [0.25, 0.3) is 0 Å². The highest BCUT2D eigenvalue weighted by atomic mass is 16.6. The molecule has 0 spiro atoms. The highest BCUT2D eigenvalue weighted by Gasteiger charge is 2.27. The van der Waals surface area contributed by atoms with E-state index in [0.717, 1.165) is 10.8 Å². The molecule has 3 aromatic rings. The lowest BCUT2D eigenvalue weighted by molar-refractivity contribution is -0.0306. The van der Waals surface area contributed by atoms with Gasteiger partial charge in [0.05, 0.1) is 12.3 Å². The van der Waals surface area contributed by atoms with Crippen LogP contribution in [0.25, 0.3) is 10.8 Å². The Morgan fingerprint density at radius 3 is 2.55 bits per heavy atom. The van der Waals surface area contributed by atoms with Crippen LogP contribution in [0.3, 0.4) is 0 Å². The first-order valence-electron chi connectivity index (χ1n) is 10.1. The first-order chi connectivity index (χ1) is 15.2. The van der Waals surface area contributed by atoms with E-state index in [9.17, 15) is 9.90 Å². The second-order valence-electron chi connectivity index (χ2n) is 6.91. The molecule has 7 nitrogen and oxygen atoms in total. The van der Waals surface area contributed by atoms with Crippen LogP contribution < -0.4 is 10.1 Å². The van der Waals surface area contributed by atoms with Crippen molar-refractivity contribution in [2.75, 3.05) is 32.2 Å². The number of rotatable bonds is 10. The molecule has 0 radical (unpaired) electrons. The molecule has 0 aliphatic heterocycles. The quantitative estimate of drug-likeness (QED) is 0.456. The summed E-state index contributed by atoms with van der Waals surface area (Å²) in [6, 6.07) is 20.4. The van der Waals surface area contributed by atoms with Gasteiger partial charge in [0.2, 0.25) is 0 Å². The van der Waals surface area contributed by atoms with Crippen molar-refractivity contribution >= 4 is 22.6 Å². The van der Waals surface area contributed by atoms with Gasteiger partial charge in [-0.2, -0.15) is 0 Å². The number of methoxy groups -OCH3 is 1. The zero-order valence-electron chi connectivity index (χ0n) is 17.4. The van der Waals surface area contributed by atoms with Gasteiger partial charge in [-0.25, -0.2) is 4.79 Å². The first kappa shape index (κ1) is 22.6. The van der Waals surface area contributed by atoms with E-state index in [-0.39, 0.29) is 26.2 Å². The van der Waals surface area contributed by atoms with Crippen molar-refractivity contribution in [3.8, 4) is 5.75 Å². The number of hydrogen-bond donors (Lipinski definition) is 3. The van der Waals surface area contributed by atoms with E-state index < -0.39 is 18.3 Å². The highest BCUT2D eigenvalue weighted by molar-refractivity contribution is 6.00. The molecule has 3 rings (SSSR count). The summed E-state index contributed by atoms with van der Waals surface area (Å²) in [6.45, 7) is -0.0757. The molecule has 0 saturated heterocycles. The van der Waals surface area contributed by atoms with Crippen LogP contribution in [0.2, 0.25) is 0 Å².